The van der Waals surface area contributed by atoms with E-state index in [1.54, 1.807) is 12.1 Å². The van der Waals surface area contributed by atoms with Gasteiger partial charge in [0.05, 0.1) is 19.2 Å². The van der Waals surface area contributed by atoms with Gasteiger partial charge in [-0.15, -0.1) is 0 Å². The van der Waals surface area contributed by atoms with Crippen LogP contribution in [-0.2, 0) is 32.5 Å². The molecule has 7 nitrogen and oxygen atoms in total. The van der Waals surface area contributed by atoms with E-state index in [2.05, 4.69) is 5.32 Å². The van der Waals surface area contributed by atoms with E-state index in [4.69, 9.17) is 0 Å². The summed E-state index contributed by atoms with van der Waals surface area (Å²) in [5.41, 5.74) is 2.46. The molecule has 0 bridgehead atoms. The molecule has 1 N–H and O–H groups in total. The second-order valence-electron chi connectivity index (χ2n) is 7.84. The number of rotatable bonds is 9. The quantitative estimate of drug-likeness (QED) is 0.644. The van der Waals surface area contributed by atoms with Gasteiger partial charge in [0.2, 0.25) is 21.8 Å². The van der Waals surface area contributed by atoms with Crippen molar-refractivity contribution in [2.75, 3.05) is 37.8 Å². The molecular weight excluding hydrogens is 414 g/mol. The first kappa shape index (κ1) is 23.0. The number of sulfonamides is 1. The molecule has 0 unspecified atom stereocenters. The number of benzene rings is 2. The number of likely N-dealkylation sites (tertiary alicyclic amines) is 1. The van der Waals surface area contributed by atoms with Gasteiger partial charge in [-0.2, -0.15) is 4.31 Å². The summed E-state index contributed by atoms with van der Waals surface area (Å²) in [6, 6.07) is 16.6. The van der Waals surface area contributed by atoms with Gasteiger partial charge >= 0.3 is 0 Å². The summed E-state index contributed by atoms with van der Waals surface area (Å²) in [7, 11) is -3.52. The van der Waals surface area contributed by atoms with Crippen LogP contribution in [-0.4, -0.2) is 61.9 Å². The molecule has 166 valence electrons. The van der Waals surface area contributed by atoms with E-state index >= 15 is 0 Å². The Morgan fingerprint density at radius 3 is 2.23 bits per heavy atom. The fourth-order valence-electron chi connectivity index (χ4n) is 3.58. The third kappa shape index (κ3) is 7.18. The van der Waals surface area contributed by atoms with Crippen molar-refractivity contribution < 1.29 is 18.0 Å². The summed E-state index contributed by atoms with van der Waals surface area (Å²) in [5.74, 6) is -0.282. The average Bonchev–Trinajstić information content (AvgIpc) is 3.27. The summed E-state index contributed by atoms with van der Waals surface area (Å²) in [6.45, 7) is 1.64. The summed E-state index contributed by atoms with van der Waals surface area (Å²) in [4.78, 5) is 26.6. The van der Waals surface area contributed by atoms with Crippen molar-refractivity contribution in [3.05, 3.63) is 65.7 Å². The standard InChI is InChI=1S/C23H29N3O4S/c1-31(29,30)26(16-13-19-7-3-2-4-8-19)18-22(27)24-21-11-9-20(10-12-21)17-23(28)25-14-5-6-15-25/h2-4,7-12H,5-6,13-18H2,1H3,(H,24,27). The van der Waals surface area contributed by atoms with Gasteiger partial charge in [0.1, 0.15) is 0 Å². The molecule has 31 heavy (non-hydrogen) atoms. The number of nitrogens with one attached hydrogen (secondary N) is 1. The average molecular weight is 444 g/mol. The van der Waals surface area contributed by atoms with Crippen LogP contribution in [0.2, 0.25) is 0 Å². The van der Waals surface area contributed by atoms with E-state index < -0.39 is 15.9 Å². The van der Waals surface area contributed by atoms with Gasteiger partial charge in [-0.1, -0.05) is 42.5 Å². The minimum atomic E-state index is -3.52. The second kappa shape index (κ2) is 10.5. The first-order valence-electron chi connectivity index (χ1n) is 10.5. The van der Waals surface area contributed by atoms with E-state index in [0.29, 0.717) is 18.5 Å². The fourth-order valence-corrected chi connectivity index (χ4v) is 4.35. The molecule has 2 aromatic carbocycles. The Morgan fingerprint density at radius 2 is 1.61 bits per heavy atom. The van der Waals surface area contributed by atoms with Crippen molar-refractivity contribution in [3.8, 4) is 0 Å². The summed E-state index contributed by atoms with van der Waals surface area (Å²) in [5, 5.41) is 2.74. The number of carbonyl (C=O) groups excluding carboxylic acids is 2. The first-order chi connectivity index (χ1) is 14.8. The van der Waals surface area contributed by atoms with Gasteiger partial charge in [0.15, 0.2) is 0 Å². The zero-order valence-electron chi connectivity index (χ0n) is 17.8. The smallest absolute Gasteiger partial charge is 0.239 e. The Morgan fingerprint density at radius 1 is 0.968 bits per heavy atom. The Labute approximate surface area is 184 Å². The van der Waals surface area contributed by atoms with Gasteiger partial charge in [-0.25, -0.2) is 8.42 Å². The molecule has 0 aliphatic carbocycles. The highest BCUT2D eigenvalue weighted by molar-refractivity contribution is 7.88. The number of nitrogens with zero attached hydrogens (tertiary/aromatic N) is 2. The number of hydrogen-bond acceptors (Lipinski definition) is 4. The predicted octanol–water partition coefficient (Wildman–Crippen LogP) is 2.29. The second-order valence-corrected chi connectivity index (χ2v) is 9.82. The van der Waals surface area contributed by atoms with E-state index in [-0.39, 0.29) is 19.0 Å². The van der Waals surface area contributed by atoms with Crippen molar-refractivity contribution in [3.63, 3.8) is 0 Å². The normalized spacial score (nSPS) is 14.1. The molecule has 1 aliphatic rings. The molecule has 0 aromatic heterocycles. The molecule has 0 radical (unpaired) electrons. The molecule has 1 fully saturated rings. The molecule has 8 heteroatoms. The fraction of sp³-hybridized carbons (Fsp3) is 0.391. The summed E-state index contributed by atoms with van der Waals surface area (Å²) >= 11 is 0. The maximum atomic E-state index is 12.4. The molecule has 1 saturated heterocycles. The molecule has 0 atom stereocenters. The van der Waals surface area contributed by atoms with Crippen molar-refractivity contribution in [2.45, 2.75) is 25.7 Å². The molecule has 0 saturated carbocycles. The van der Waals surface area contributed by atoms with Crippen LogP contribution >= 0.6 is 0 Å². The molecule has 3 rings (SSSR count). The van der Waals surface area contributed by atoms with Gasteiger partial charge in [0, 0.05) is 25.3 Å². The molecule has 2 aromatic rings. The van der Waals surface area contributed by atoms with Crippen LogP contribution in [0.15, 0.2) is 54.6 Å². The SMILES string of the molecule is CS(=O)(=O)N(CCc1ccccc1)CC(=O)Nc1ccc(CC(=O)N2CCCC2)cc1. The van der Waals surface area contributed by atoms with Gasteiger partial charge < -0.3 is 10.2 Å². The highest BCUT2D eigenvalue weighted by atomic mass is 32.2. The Balaban J connectivity index is 1.53. The van der Waals surface area contributed by atoms with Crippen molar-refractivity contribution in [2.24, 2.45) is 0 Å². The van der Waals surface area contributed by atoms with Crippen LogP contribution in [0.5, 0.6) is 0 Å². The lowest BCUT2D eigenvalue weighted by Gasteiger charge is -2.19. The lowest BCUT2D eigenvalue weighted by atomic mass is 10.1. The molecule has 1 aliphatic heterocycles. The van der Waals surface area contributed by atoms with E-state index in [1.807, 2.05) is 47.4 Å². The maximum absolute atomic E-state index is 12.4. The first-order valence-corrected chi connectivity index (χ1v) is 12.3. The lowest BCUT2D eigenvalue weighted by Crippen LogP contribution is -2.38. The lowest BCUT2D eigenvalue weighted by molar-refractivity contribution is -0.129. The topological polar surface area (TPSA) is 86.8 Å². The minimum Gasteiger partial charge on any atom is -0.342 e. The van der Waals surface area contributed by atoms with Crippen LogP contribution in [0.25, 0.3) is 0 Å². The highest BCUT2D eigenvalue weighted by Gasteiger charge is 2.20. The summed E-state index contributed by atoms with van der Waals surface area (Å²) in [6.07, 6.45) is 4.10. The van der Waals surface area contributed by atoms with Crippen molar-refractivity contribution in [1.82, 2.24) is 9.21 Å². The van der Waals surface area contributed by atoms with Crippen LogP contribution in [0, 0.1) is 0 Å². The zero-order valence-corrected chi connectivity index (χ0v) is 18.6. The van der Waals surface area contributed by atoms with Crippen LogP contribution in [0.1, 0.15) is 24.0 Å². The molecule has 1 heterocycles. The van der Waals surface area contributed by atoms with Gasteiger partial charge in [0.25, 0.3) is 0 Å². The van der Waals surface area contributed by atoms with Crippen molar-refractivity contribution >= 4 is 27.5 Å². The largest absolute Gasteiger partial charge is 0.342 e. The predicted molar refractivity (Wildman–Crippen MR) is 121 cm³/mol. The molecule has 0 spiro atoms. The number of carbonyl (C=O) groups is 2. The Bertz CT molecular complexity index is 985. The molecular formula is C23H29N3O4S. The highest BCUT2D eigenvalue weighted by Crippen LogP contribution is 2.14. The molecule has 2 amide bonds. The number of anilines is 1. The zero-order chi connectivity index (χ0) is 22.3. The number of amides is 2. The van der Waals surface area contributed by atoms with Crippen LogP contribution in [0.3, 0.4) is 0 Å². The third-order valence-corrected chi connectivity index (χ3v) is 6.58. The van der Waals surface area contributed by atoms with E-state index in [1.165, 1.54) is 4.31 Å². The minimum absolute atomic E-state index is 0.122. The van der Waals surface area contributed by atoms with E-state index in [9.17, 15) is 18.0 Å². The van der Waals surface area contributed by atoms with Crippen LogP contribution < -0.4 is 5.32 Å². The number of hydrogen-bond donors (Lipinski definition) is 1. The van der Waals surface area contributed by atoms with Crippen LogP contribution in [0.4, 0.5) is 5.69 Å². The van der Waals surface area contributed by atoms with Crippen molar-refractivity contribution in [1.29, 1.82) is 0 Å². The maximum Gasteiger partial charge on any atom is 0.239 e. The summed E-state index contributed by atoms with van der Waals surface area (Å²) < 4.78 is 25.4. The monoisotopic (exact) mass is 443 g/mol. The third-order valence-electron chi connectivity index (χ3n) is 5.33. The van der Waals surface area contributed by atoms with Gasteiger partial charge in [-0.05, 0) is 42.5 Å². The van der Waals surface area contributed by atoms with E-state index in [0.717, 1.165) is 43.3 Å². The Kier molecular flexibility index (Phi) is 7.81. The van der Waals surface area contributed by atoms with Gasteiger partial charge in [-0.3, -0.25) is 9.59 Å². The Hall–Kier alpha value is -2.71.